The molecule has 0 bridgehead atoms. The summed E-state index contributed by atoms with van der Waals surface area (Å²) in [5.41, 5.74) is 1.67. The fraction of sp³-hybridized carbons (Fsp3) is 0.200. The number of halogens is 1. The number of hydrogen-bond acceptors (Lipinski definition) is 3. The molecule has 0 aliphatic rings. The molecule has 0 spiro atoms. The quantitative estimate of drug-likeness (QED) is 0.792. The van der Waals surface area contributed by atoms with Crippen molar-refractivity contribution in [3.05, 3.63) is 59.4 Å². The Morgan fingerprint density at radius 3 is 2.42 bits per heavy atom. The van der Waals surface area contributed by atoms with Crippen molar-refractivity contribution in [1.29, 1.82) is 0 Å². The number of rotatable bonds is 4. The lowest BCUT2D eigenvalue weighted by molar-refractivity contribution is 0.441. The average Bonchev–Trinajstić information content (AvgIpc) is 2.38. The molecule has 0 heterocycles. The molecule has 3 N–H and O–H groups in total. The molecule has 0 saturated carbocycles. The minimum absolute atomic E-state index is 0.0350. The van der Waals surface area contributed by atoms with Crippen molar-refractivity contribution in [2.75, 3.05) is 0 Å². The van der Waals surface area contributed by atoms with E-state index in [1.54, 1.807) is 18.2 Å². The highest BCUT2D eigenvalue weighted by atomic mass is 19.1. The van der Waals surface area contributed by atoms with Crippen LogP contribution in [0.1, 0.15) is 24.1 Å². The zero-order valence-corrected chi connectivity index (χ0v) is 10.6. The Hall–Kier alpha value is -2.07. The van der Waals surface area contributed by atoms with Crippen LogP contribution in [-0.4, -0.2) is 10.2 Å². The Morgan fingerprint density at radius 1 is 1.11 bits per heavy atom. The van der Waals surface area contributed by atoms with Crippen molar-refractivity contribution in [3.8, 4) is 11.5 Å². The zero-order valence-electron chi connectivity index (χ0n) is 10.6. The smallest absolute Gasteiger partial charge is 0.123 e. The van der Waals surface area contributed by atoms with Crippen LogP contribution >= 0.6 is 0 Å². The lowest BCUT2D eigenvalue weighted by atomic mass is 10.1. The molecule has 3 nitrogen and oxygen atoms in total. The van der Waals surface area contributed by atoms with Crippen molar-refractivity contribution in [1.82, 2.24) is 5.32 Å². The molecule has 2 aromatic carbocycles. The second-order valence-electron chi connectivity index (χ2n) is 4.47. The summed E-state index contributed by atoms with van der Waals surface area (Å²) in [5.74, 6) is -0.168. The standard InChI is InChI=1S/C15H16FNO2/c1-10(11-2-5-13(16)6-3-11)17-9-12-4-7-14(18)8-15(12)19/h2-8,10,17-19H,9H2,1H3/t10-/m0/s1. The van der Waals surface area contributed by atoms with Crippen LogP contribution < -0.4 is 5.32 Å². The van der Waals surface area contributed by atoms with Crippen molar-refractivity contribution in [3.63, 3.8) is 0 Å². The summed E-state index contributed by atoms with van der Waals surface area (Å²) in [7, 11) is 0. The molecule has 0 fully saturated rings. The summed E-state index contributed by atoms with van der Waals surface area (Å²) < 4.78 is 12.8. The van der Waals surface area contributed by atoms with Crippen LogP contribution in [0.4, 0.5) is 4.39 Å². The van der Waals surface area contributed by atoms with Crippen LogP contribution in [0.2, 0.25) is 0 Å². The van der Waals surface area contributed by atoms with Crippen LogP contribution in [0.5, 0.6) is 11.5 Å². The maximum absolute atomic E-state index is 12.8. The zero-order chi connectivity index (χ0) is 13.8. The van der Waals surface area contributed by atoms with Crippen LogP contribution in [0.3, 0.4) is 0 Å². The third-order valence-corrected chi connectivity index (χ3v) is 3.04. The first-order valence-corrected chi connectivity index (χ1v) is 6.06. The van der Waals surface area contributed by atoms with Gasteiger partial charge in [-0.15, -0.1) is 0 Å². The van der Waals surface area contributed by atoms with Gasteiger partial charge in [-0.25, -0.2) is 4.39 Å². The highest BCUT2D eigenvalue weighted by molar-refractivity contribution is 5.38. The van der Waals surface area contributed by atoms with Gasteiger partial charge in [-0.05, 0) is 30.7 Å². The monoisotopic (exact) mass is 261 g/mol. The van der Waals surface area contributed by atoms with E-state index in [9.17, 15) is 14.6 Å². The van der Waals surface area contributed by atoms with Gasteiger partial charge >= 0.3 is 0 Å². The van der Waals surface area contributed by atoms with E-state index in [4.69, 9.17) is 0 Å². The van der Waals surface area contributed by atoms with Gasteiger partial charge < -0.3 is 15.5 Å². The molecular formula is C15H16FNO2. The molecule has 4 heteroatoms. The van der Waals surface area contributed by atoms with Crippen LogP contribution in [0.15, 0.2) is 42.5 Å². The molecule has 2 rings (SSSR count). The number of benzene rings is 2. The molecule has 0 aliphatic carbocycles. The molecule has 100 valence electrons. The van der Waals surface area contributed by atoms with E-state index in [-0.39, 0.29) is 23.4 Å². The van der Waals surface area contributed by atoms with E-state index in [0.717, 1.165) is 5.56 Å². The van der Waals surface area contributed by atoms with Crippen LogP contribution in [0, 0.1) is 5.82 Å². The molecule has 19 heavy (non-hydrogen) atoms. The maximum Gasteiger partial charge on any atom is 0.123 e. The van der Waals surface area contributed by atoms with Crippen molar-refractivity contribution < 1.29 is 14.6 Å². The summed E-state index contributed by atoms with van der Waals surface area (Å²) >= 11 is 0. The predicted molar refractivity (Wildman–Crippen MR) is 71.4 cm³/mol. The summed E-state index contributed by atoms with van der Waals surface area (Å²) in [6, 6.07) is 10.8. The van der Waals surface area contributed by atoms with E-state index < -0.39 is 0 Å². The fourth-order valence-electron chi connectivity index (χ4n) is 1.83. The number of phenols is 2. The first-order valence-electron chi connectivity index (χ1n) is 6.06. The third kappa shape index (κ3) is 3.45. The van der Waals surface area contributed by atoms with E-state index in [2.05, 4.69) is 5.32 Å². The summed E-state index contributed by atoms with van der Waals surface area (Å²) in [4.78, 5) is 0. The molecule has 0 radical (unpaired) electrons. The predicted octanol–water partition coefficient (Wildman–Crippen LogP) is 3.09. The lowest BCUT2D eigenvalue weighted by Crippen LogP contribution is -2.18. The first kappa shape index (κ1) is 13.4. The third-order valence-electron chi connectivity index (χ3n) is 3.04. The van der Waals surface area contributed by atoms with Crippen LogP contribution in [-0.2, 0) is 6.54 Å². The SMILES string of the molecule is C[C@H](NCc1ccc(O)cc1O)c1ccc(F)cc1. The number of hydrogen-bond donors (Lipinski definition) is 3. The Labute approximate surface area is 111 Å². The molecule has 0 amide bonds. The summed E-state index contributed by atoms with van der Waals surface area (Å²) in [5, 5.41) is 22.1. The highest BCUT2D eigenvalue weighted by Crippen LogP contribution is 2.23. The molecule has 2 aromatic rings. The lowest BCUT2D eigenvalue weighted by Gasteiger charge is -2.15. The Morgan fingerprint density at radius 2 is 1.79 bits per heavy atom. The van der Waals surface area contributed by atoms with Gasteiger partial charge in [0.05, 0.1) is 0 Å². The average molecular weight is 261 g/mol. The van der Waals surface area contributed by atoms with Crippen molar-refractivity contribution >= 4 is 0 Å². The topological polar surface area (TPSA) is 52.5 Å². The maximum atomic E-state index is 12.8. The second-order valence-corrected chi connectivity index (χ2v) is 4.47. The molecule has 0 unspecified atom stereocenters. The van der Waals surface area contributed by atoms with Gasteiger partial charge in [0, 0.05) is 24.2 Å². The Kier molecular flexibility index (Phi) is 4.02. The van der Waals surface area contributed by atoms with Crippen molar-refractivity contribution in [2.45, 2.75) is 19.5 Å². The van der Waals surface area contributed by atoms with Gasteiger partial charge in [-0.2, -0.15) is 0 Å². The van der Waals surface area contributed by atoms with E-state index >= 15 is 0 Å². The normalized spacial score (nSPS) is 12.3. The summed E-state index contributed by atoms with van der Waals surface area (Å²) in [6.07, 6.45) is 0. The van der Waals surface area contributed by atoms with Gasteiger partial charge in [-0.3, -0.25) is 0 Å². The van der Waals surface area contributed by atoms with Gasteiger partial charge in [-0.1, -0.05) is 18.2 Å². The molecular weight excluding hydrogens is 245 g/mol. The van der Waals surface area contributed by atoms with E-state index in [0.29, 0.717) is 12.1 Å². The van der Waals surface area contributed by atoms with E-state index in [1.165, 1.54) is 24.3 Å². The van der Waals surface area contributed by atoms with Gasteiger partial charge in [0.2, 0.25) is 0 Å². The molecule has 0 aliphatic heterocycles. The minimum Gasteiger partial charge on any atom is -0.508 e. The number of nitrogens with one attached hydrogen (secondary N) is 1. The summed E-state index contributed by atoms with van der Waals surface area (Å²) in [6.45, 7) is 2.43. The second kappa shape index (κ2) is 5.71. The van der Waals surface area contributed by atoms with Gasteiger partial charge in [0.25, 0.3) is 0 Å². The number of aromatic hydroxyl groups is 2. The van der Waals surface area contributed by atoms with Gasteiger partial charge in [0.15, 0.2) is 0 Å². The van der Waals surface area contributed by atoms with E-state index in [1.807, 2.05) is 6.92 Å². The molecule has 0 aromatic heterocycles. The fourth-order valence-corrected chi connectivity index (χ4v) is 1.83. The molecule has 0 saturated heterocycles. The van der Waals surface area contributed by atoms with Gasteiger partial charge in [0.1, 0.15) is 17.3 Å². The first-order chi connectivity index (χ1) is 9.06. The Balaban J connectivity index is 2.00. The largest absolute Gasteiger partial charge is 0.508 e. The minimum atomic E-state index is -0.257. The number of phenolic OH excluding ortho intramolecular Hbond substituents is 2. The van der Waals surface area contributed by atoms with Crippen molar-refractivity contribution in [2.24, 2.45) is 0 Å². The Bertz CT molecular complexity index is 555. The highest BCUT2D eigenvalue weighted by Gasteiger charge is 2.07. The van der Waals surface area contributed by atoms with Crippen LogP contribution in [0.25, 0.3) is 0 Å². The molecule has 1 atom stereocenters.